The minimum Gasteiger partial charge on any atom is -0.421 e. The summed E-state index contributed by atoms with van der Waals surface area (Å²) in [5.41, 5.74) is 4.23. The minimum absolute atomic E-state index is 0.218. The standard InChI is InChI=1S/C19H13Br3N4O3/c1-10-6-16(25-24-10)18(27)26-23-9-11-7-12(20)8-15(22)17(11)29-19(28)13-4-2-3-5-14(13)21/h2-9H,1H3,(H,24,25)(H,26,27)/b23-9-. The number of H-pyrrole nitrogens is 1. The van der Waals surface area contributed by atoms with E-state index < -0.39 is 11.9 Å². The topological polar surface area (TPSA) is 96.4 Å². The molecule has 2 N–H and O–H groups in total. The van der Waals surface area contributed by atoms with Crippen molar-refractivity contribution >= 4 is 65.9 Å². The first-order valence-corrected chi connectivity index (χ1v) is 10.5. The molecule has 0 unspecified atom stereocenters. The summed E-state index contributed by atoms with van der Waals surface area (Å²) in [5.74, 6) is -0.736. The zero-order chi connectivity index (χ0) is 21.0. The van der Waals surface area contributed by atoms with Crippen LogP contribution in [0.2, 0.25) is 0 Å². The number of nitrogens with one attached hydrogen (secondary N) is 2. The number of ether oxygens (including phenoxy) is 1. The summed E-state index contributed by atoms with van der Waals surface area (Å²) in [5, 5.41) is 10.5. The molecule has 0 atom stereocenters. The summed E-state index contributed by atoms with van der Waals surface area (Å²) in [6.07, 6.45) is 1.38. The lowest BCUT2D eigenvalue weighted by molar-refractivity contribution is 0.0732. The van der Waals surface area contributed by atoms with E-state index in [1.165, 1.54) is 6.21 Å². The molecule has 7 nitrogen and oxygen atoms in total. The Balaban J connectivity index is 1.82. The Bertz CT molecular complexity index is 1110. The van der Waals surface area contributed by atoms with Crippen molar-refractivity contribution < 1.29 is 14.3 Å². The van der Waals surface area contributed by atoms with Gasteiger partial charge in [-0.3, -0.25) is 9.89 Å². The van der Waals surface area contributed by atoms with Crippen LogP contribution in [0.15, 0.2) is 61.0 Å². The number of esters is 1. The Kier molecular flexibility index (Phi) is 6.99. The number of benzene rings is 2. The molecule has 0 fully saturated rings. The van der Waals surface area contributed by atoms with E-state index in [1.807, 2.05) is 0 Å². The fourth-order valence-corrected chi connectivity index (χ4v) is 4.10. The summed E-state index contributed by atoms with van der Waals surface area (Å²) in [6.45, 7) is 1.79. The van der Waals surface area contributed by atoms with E-state index in [9.17, 15) is 9.59 Å². The number of aromatic nitrogens is 2. The molecule has 0 saturated carbocycles. The van der Waals surface area contributed by atoms with Crippen LogP contribution >= 0.6 is 47.8 Å². The molecule has 0 aliphatic rings. The largest absolute Gasteiger partial charge is 0.421 e. The summed E-state index contributed by atoms with van der Waals surface area (Å²) in [6, 6.07) is 12.0. The van der Waals surface area contributed by atoms with Crippen molar-refractivity contribution in [3.8, 4) is 5.75 Å². The molecule has 0 spiro atoms. The number of aryl methyl sites for hydroxylation is 1. The highest BCUT2D eigenvalue weighted by molar-refractivity contribution is 9.11. The van der Waals surface area contributed by atoms with Gasteiger partial charge in [-0.1, -0.05) is 28.1 Å². The van der Waals surface area contributed by atoms with Gasteiger partial charge in [0.15, 0.2) is 11.4 Å². The van der Waals surface area contributed by atoms with Crippen LogP contribution in [0, 0.1) is 6.92 Å². The third-order valence-electron chi connectivity index (χ3n) is 3.63. The van der Waals surface area contributed by atoms with E-state index in [2.05, 4.69) is 68.5 Å². The first-order chi connectivity index (χ1) is 13.8. The predicted octanol–water partition coefficient (Wildman–Crippen LogP) is 4.99. The van der Waals surface area contributed by atoms with Gasteiger partial charge in [0.05, 0.1) is 16.3 Å². The lowest BCUT2D eigenvalue weighted by atomic mass is 10.2. The first kappa shape index (κ1) is 21.4. The van der Waals surface area contributed by atoms with Gasteiger partial charge in [0.25, 0.3) is 5.91 Å². The van der Waals surface area contributed by atoms with Gasteiger partial charge in [-0.25, -0.2) is 10.2 Å². The lowest BCUT2D eigenvalue weighted by Crippen LogP contribution is -2.18. The molecule has 1 heterocycles. The molecule has 29 heavy (non-hydrogen) atoms. The number of halogens is 3. The highest BCUT2D eigenvalue weighted by atomic mass is 79.9. The van der Waals surface area contributed by atoms with Gasteiger partial charge in [-0.2, -0.15) is 10.2 Å². The maximum atomic E-state index is 12.6. The van der Waals surface area contributed by atoms with Crippen molar-refractivity contribution in [3.05, 3.63) is 78.4 Å². The van der Waals surface area contributed by atoms with Crippen molar-refractivity contribution in [1.82, 2.24) is 15.6 Å². The Morgan fingerprint density at radius 3 is 2.59 bits per heavy atom. The van der Waals surface area contributed by atoms with Gasteiger partial charge < -0.3 is 4.74 Å². The maximum absolute atomic E-state index is 12.6. The minimum atomic E-state index is -0.536. The first-order valence-electron chi connectivity index (χ1n) is 8.16. The second-order valence-electron chi connectivity index (χ2n) is 5.81. The molecule has 148 valence electrons. The zero-order valence-electron chi connectivity index (χ0n) is 14.9. The van der Waals surface area contributed by atoms with E-state index in [4.69, 9.17) is 4.74 Å². The van der Waals surface area contributed by atoms with Crippen LogP contribution in [0.25, 0.3) is 0 Å². The van der Waals surface area contributed by atoms with Crippen molar-refractivity contribution in [1.29, 1.82) is 0 Å². The second-order valence-corrected chi connectivity index (χ2v) is 8.44. The number of hydrogen-bond acceptors (Lipinski definition) is 5. The van der Waals surface area contributed by atoms with Crippen LogP contribution in [-0.4, -0.2) is 28.3 Å². The molecule has 1 aromatic heterocycles. The molecular formula is C19H13Br3N4O3. The SMILES string of the molecule is Cc1cc(C(=O)N/N=C\c2cc(Br)cc(Br)c2OC(=O)c2ccccc2Br)n[nH]1. The molecule has 0 aliphatic heterocycles. The number of aromatic amines is 1. The average molecular weight is 585 g/mol. The molecule has 10 heteroatoms. The number of hydrogen-bond donors (Lipinski definition) is 2. The third-order valence-corrected chi connectivity index (χ3v) is 5.37. The third kappa shape index (κ3) is 5.40. The average Bonchev–Trinajstić information content (AvgIpc) is 3.11. The lowest BCUT2D eigenvalue weighted by Gasteiger charge is -2.11. The van der Waals surface area contributed by atoms with Crippen LogP contribution in [0.1, 0.15) is 32.1 Å². The Hall–Kier alpha value is -2.30. The number of amides is 1. The normalized spacial score (nSPS) is 10.9. The van der Waals surface area contributed by atoms with E-state index in [0.717, 1.165) is 10.2 Å². The van der Waals surface area contributed by atoms with Gasteiger partial charge in [0, 0.05) is 20.2 Å². The summed E-state index contributed by atoms with van der Waals surface area (Å²) in [7, 11) is 0. The molecule has 3 aromatic rings. The van der Waals surface area contributed by atoms with Gasteiger partial charge >= 0.3 is 5.97 Å². The van der Waals surface area contributed by atoms with Crippen LogP contribution in [-0.2, 0) is 0 Å². The predicted molar refractivity (Wildman–Crippen MR) is 119 cm³/mol. The summed E-state index contributed by atoms with van der Waals surface area (Å²) in [4.78, 5) is 24.6. The monoisotopic (exact) mass is 582 g/mol. The number of nitrogens with zero attached hydrogens (tertiary/aromatic N) is 2. The molecule has 0 saturated heterocycles. The van der Waals surface area contributed by atoms with Crippen molar-refractivity contribution in [2.24, 2.45) is 5.10 Å². The molecule has 3 rings (SSSR count). The molecular weight excluding hydrogens is 572 g/mol. The van der Waals surface area contributed by atoms with Crippen molar-refractivity contribution in [2.75, 3.05) is 0 Å². The van der Waals surface area contributed by atoms with E-state index in [0.29, 0.717) is 20.1 Å². The Morgan fingerprint density at radius 1 is 1.14 bits per heavy atom. The fourth-order valence-electron chi connectivity index (χ4n) is 2.31. The van der Waals surface area contributed by atoms with Gasteiger partial charge in [0.1, 0.15) is 0 Å². The van der Waals surface area contributed by atoms with Gasteiger partial charge in [0.2, 0.25) is 0 Å². The van der Waals surface area contributed by atoms with Crippen LogP contribution in [0.3, 0.4) is 0 Å². The number of carbonyl (C=O) groups excluding carboxylic acids is 2. The van der Waals surface area contributed by atoms with E-state index in [1.54, 1.807) is 49.4 Å². The molecule has 0 bridgehead atoms. The van der Waals surface area contributed by atoms with Crippen molar-refractivity contribution in [3.63, 3.8) is 0 Å². The molecule has 1 amide bonds. The van der Waals surface area contributed by atoms with E-state index >= 15 is 0 Å². The number of hydrazone groups is 1. The maximum Gasteiger partial charge on any atom is 0.344 e. The number of carbonyl (C=O) groups is 2. The van der Waals surface area contributed by atoms with Crippen LogP contribution in [0.4, 0.5) is 0 Å². The highest BCUT2D eigenvalue weighted by Crippen LogP contribution is 2.33. The Labute approximate surface area is 191 Å². The van der Waals surface area contributed by atoms with Gasteiger partial charge in [-0.15, -0.1) is 0 Å². The fraction of sp³-hybridized carbons (Fsp3) is 0.0526. The molecule has 0 radical (unpaired) electrons. The highest BCUT2D eigenvalue weighted by Gasteiger charge is 2.17. The van der Waals surface area contributed by atoms with Crippen LogP contribution < -0.4 is 10.2 Å². The zero-order valence-corrected chi connectivity index (χ0v) is 19.6. The molecule has 0 aliphatic carbocycles. The van der Waals surface area contributed by atoms with Crippen molar-refractivity contribution in [2.45, 2.75) is 6.92 Å². The quantitative estimate of drug-likeness (QED) is 0.191. The summed E-state index contributed by atoms with van der Waals surface area (Å²) < 4.78 is 7.49. The van der Waals surface area contributed by atoms with Crippen LogP contribution in [0.5, 0.6) is 5.75 Å². The van der Waals surface area contributed by atoms with Gasteiger partial charge in [-0.05, 0) is 69.1 Å². The number of rotatable bonds is 5. The second kappa shape index (κ2) is 9.47. The summed E-state index contributed by atoms with van der Waals surface area (Å²) >= 11 is 10.1. The Morgan fingerprint density at radius 2 is 1.90 bits per heavy atom. The smallest absolute Gasteiger partial charge is 0.344 e. The molecule has 2 aromatic carbocycles. The van der Waals surface area contributed by atoms with E-state index in [-0.39, 0.29) is 11.4 Å².